The van der Waals surface area contributed by atoms with Crippen LogP contribution in [0.2, 0.25) is 0 Å². The van der Waals surface area contributed by atoms with Crippen LogP contribution in [-0.2, 0) is 11.8 Å². The van der Waals surface area contributed by atoms with E-state index in [9.17, 15) is 0 Å². The minimum Gasteiger partial charge on any atom is -0.319 e. The maximum atomic E-state index is 3.33. The molecule has 1 nitrogen and oxygen atoms in total. The van der Waals surface area contributed by atoms with Gasteiger partial charge in [-0.1, -0.05) is 67.6 Å². The lowest BCUT2D eigenvalue weighted by molar-refractivity contribution is 0.445. The summed E-state index contributed by atoms with van der Waals surface area (Å²) in [6.45, 7) is 3.30. The fourth-order valence-electron chi connectivity index (χ4n) is 2.54. The Morgan fingerprint density at radius 1 is 0.889 bits per heavy atom. The Labute approximate surface area is 110 Å². The van der Waals surface area contributed by atoms with Crippen molar-refractivity contribution in [2.75, 3.05) is 13.6 Å². The summed E-state index contributed by atoms with van der Waals surface area (Å²) in [5.74, 6) is 0. The predicted molar refractivity (Wildman–Crippen MR) is 77.9 cm³/mol. The number of likely N-dealkylation sites (N-methyl/N-ethyl adjacent to an activating group) is 1. The molecule has 0 amide bonds. The molecule has 0 spiro atoms. The molecule has 0 aromatic heterocycles. The maximum Gasteiger partial charge on any atom is 0.00897 e. The van der Waals surface area contributed by atoms with Crippen molar-refractivity contribution in [2.24, 2.45) is 0 Å². The van der Waals surface area contributed by atoms with Crippen molar-refractivity contribution < 1.29 is 0 Å². The second-order valence-electron chi connectivity index (χ2n) is 5.12. The van der Waals surface area contributed by atoms with Crippen molar-refractivity contribution >= 4 is 0 Å². The van der Waals surface area contributed by atoms with Crippen molar-refractivity contribution in [3.63, 3.8) is 0 Å². The van der Waals surface area contributed by atoms with Gasteiger partial charge in [0.25, 0.3) is 0 Å². The number of rotatable bonds is 5. The van der Waals surface area contributed by atoms with Gasteiger partial charge in [0.15, 0.2) is 0 Å². The highest BCUT2D eigenvalue weighted by atomic mass is 14.8. The number of hydrogen-bond donors (Lipinski definition) is 1. The van der Waals surface area contributed by atoms with Gasteiger partial charge in [-0.3, -0.25) is 0 Å². The fourth-order valence-corrected chi connectivity index (χ4v) is 2.54. The second-order valence-corrected chi connectivity index (χ2v) is 5.12. The van der Waals surface area contributed by atoms with E-state index in [-0.39, 0.29) is 5.41 Å². The number of nitrogens with one attached hydrogen (secondary N) is 1. The molecule has 0 saturated heterocycles. The zero-order valence-corrected chi connectivity index (χ0v) is 11.2. The van der Waals surface area contributed by atoms with Gasteiger partial charge < -0.3 is 5.32 Å². The first kappa shape index (κ1) is 12.8. The smallest absolute Gasteiger partial charge is 0.00897 e. The van der Waals surface area contributed by atoms with Crippen molar-refractivity contribution in [2.45, 2.75) is 18.8 Å². The molecule has 1 N–H and O–H groups in total. The highest BCUT2D eigenvalue weighted by Crippen LogP contribution is 2.27. The molecule has 0 fully saturated rings. The Morgan fingerprint density at radius 2 is 1.44 bits per heavy atom. The zero-order chi connectivity index (χ0) is 12.8. The molecular weight excluding hydrogens is 218 g/mol. The number of hydrogen-bond acceptors (Lipinski definition) is 1. The Kier molecular flexibility index (Phi) is 4.16. The SMILES string of the molecule is CNCC(C)(Cc1ccccc1)c1ccccc1. The van der Waals surface area contributed by atoms with Crippen LogP contribution in [0.25, 0.3) is 0 Å². The average molecular weight is 239 g/mol. The molecule has 0 saturated carbocycles. The fraction of sp³-hybridized carbons (Fsp3) is 0.294. The van der Waals surface area contributed by atoms with Gasteiger partial charge in [0.2, 0.25) is 0 Å². The molecule has 94 valence electrons. The van der Waals surface area contributed by atoms with Gasteiger partial charge in [-0.25, -0.2) is 0 Å². The van der Waals surface area contributed by atoms with Crippen LogP contribution >= 0.6 is 0 Å². The number of benzene rings is 2. The van der Waals surface area contributed by atoms with E-state index >= 15 is 0 Å². The summed E-state index contributed by atoms with van der Waals surface area (Å²) in [4.78, 5) is 0. The molecule has 1 unspecified atom stereocenters. The van der Waals surface area contributed by atoms with Crippen LogP contribution in [0.15, 0.2) is 60.7 Å². The molecular formula is C17H21N. The van der Waals surface area contributed by atoms with Crippen LogP contribution in [0.4, 0.5) is 0 Å². The Balaban J connectivity index is 2.27. The predicted octanol–water partition coefficient (Wildman–Crippen LogP) is 3.41. The summed E-state index contributed by atoms with van der Waals surface area (Å²) in [6, 6.07) is 21.5. The lowest BCUT2D eigenvalue weighted by Gasteiger charge is -2.30. The summed E-state index contributed by atoms with van der Waals surface area (Å²) < 4.78 is 0. The summed E-state index contributed by atoms with van der Waals surface area (Å²) in [6.07, 6.45) is 1.05. The Morgan fingerprint density at radius 3 is 2.00 bits per heavy atom. The van der Waals surface area contributed by atoms with Crippen LogP contribution in [-0.4, -0.2) is 13.6 Å². The van der Waals surface area contributed by atoms with Crippen molar-refractivity contribution in [3.05, 3.63) is 71.8 Å². The van der Waals surface area contributed by atoms with Crippen LogP contribution in [0.5, 0.6) is 0 Å². The van der Waals surface area contributed by atoms with E-state index in [0.29, 0.717) is 0 Å². The zero-order valence-electron chi connectivity index (χ0n) is 11.2. The van der Waals surface area contributed by atoms with Crippen LogP contribution in [0.1, 0.15) is 18.1 Å². The molecule has 2 rings (SSSR count). The van der Waals surface area contributed by atoms with E-state index in [4.69, 9.17) is 0 Å². The van der Waals surface area contributed by atoms with E-state index in [1.165, 1.54) is 11.1 Å². The van der Waals surface area contributed by atoms with Crippen molar-refractivity contribution in [1.82, 2.24) is 5.32 Å². The van der Waals surface area contributed by atoms with Gasteiger partial charge in [0, 0.05) is 12.0 Å². The summed E-state index contributed by atoms with van der Waals surface area (Å²) in [5, 5.41) is 3.33. The minimum atomic E-state index is 0.136. The van der Waals surface area contributed by atoms with Crippen LogP contribution in [0.3, 0.4) is 0 Å². The standard InChI is InChI=1S/C17H21N/c1-17(14-18-2,16-11-7-4-8-12-16)13-15-9-5-3-6-10-15/h3-12,18H,13-14H2,1-2H3. The molecule has 2 aromatic carbocycles. The summed E-state index contributed by atoms with van der Waals surface area (Å²) in [5.41, 5.74) is 2.92. The lowest BCUT2D eigenvalue weighted by Crippen LogP contribution is -2.36. The molecule has 0 aliphatic heterocycles. The largest absolute Gasteiger partial charge is 0.319 e. The highest BCUT2D eigenvalue weighted by Gasteiger charge is 2.25. The molecule has 0 aliphatic carbocycles. The van der Waals surface area contributed by atoms with E-state index < -0.39 is 0 Å². The molecule has 2 aromatic rings. The molecule has 1 heteroatoms. The van der Waals surface area contributed by atoms with E-state index in [1.54, 1.807) is 0 Å². The first-order valence-electron chi connectivity index (χ1n) is 6.49. The van der Waals surface area contributed by atoms with Gasteiger partial charge in [-0.05, 0) is 24.6 Å². The van der Waals surface area contributed by atoms with Gasteiger partial charge in [0.05, 0.1) is 0 Å². The van der Waals surface area contributed by atoms with Gasteiger partial charge >= 0.3 is 0 Å². The minimum absolute atomic E-state index is 0.136. The monoisotopic (exact) mass is 239 g/mol. The maximum absolute atomic E-state index is 3.33. The summed E-state index contributed by atoms with van der Waals surface area (Å²) >= 11 is 0. The average Bonchev–Trinajstić information content (AvgIpc) is 2.41. The van der Waals surface area contributed by atoms with Gasteiger partial charge in [-0.2, -0.15) is 0 Å². The Bertz CT molecular complexity index is 463. The van der Waals surface area contributed by atoms with E-state index in [1.807, 2.05) is 7.05 Å². The highest BCUT2D eigenvalue weighted by molar-refractivity contribution is 5.29. The van der Waals surface area contributed by atoms with E-state index in [0.717, 1.165) is 13.0 Å². The quantitative estimate of drug-likeness (QED) is 0.843. The van der Waals surface area contributed by atoms with Crippen molar-refractivity contribution in [1.29, 1.82) is 0 Å². The molecule has 0 heterocycles. The topological polar surface area (TPSA) is 12.0 Å². The molecule has 18 heavy (non-hydrogen) atoms. The first-order valence-corrected chi connectivity index (χ1v) is 6.49. The third kappa shape index (κ3) is 2.99. The third-order valence-electron chi connectivity index (χ3n) is 3.47. The first-order chi connectivity index (χ1) is 8.74. The molecule has 1 atom stereocenters. The summed E-state index contributed by atoms with van der Waals surface area (Å²) in [7, 11) is 2.02. The lowest BCUT2D eigenvalue weighted by atomic mass is 9.77. The second kappa shape index (κ2) is 5.83. The van der Waals surface area contributed by atoms with Crippen LogP contribution in [0, 0.1) is 0 Å². The molecule has 0 bridgehead atoms. The van der Waals surface area contributed by atoms with Gasteiger partial charge in [-0.15, -0.1) is 0 Å². The molecule has 0 radical (unpaired) electrons. The van der Waals surface area contributed by atoms with Crippen LogP contribution < -0.4 is 5.32 Å². The van der Waals surface area contributed by atoms with Gasteiger partial charge in [0.1, 0.15) is 0 Å². The molecule has 0 aliphatic rings. The van der Waals surface area contributed by atoms with Crippen molar-refractivity contribution in [3.8, 4) is 0 Å². The Hall–Kier alpha value is -1.60. The normalized spacial score (nSPS) is 14.1. The third-order valence-corrected chi connectivity index (χ3v) is 3.47. The van der Waals surface area contributed by atoms with E-state index in [2.05, 4.69) is 72.9 Å².